The number of aromatic nitrogens is 4. The minimum atomic E-state index is -1.03. The molecular weight excluding hydrogens is 389 g/mol. The molecule has 4 heterocycles. The molecule has 0 saturated carbocycles. The maximum absolute atomic E-state index is 15.1. The number of thiazole rings is 1. The number of fused-ring (bicyclic) bond motifs is 2. The summed E-state index contributed by atoms with van der Waals surface area (Å²) >= 11 is 1.57. The molecule has 2 atom stereocenters. The first-order valence-electron chi connectivity index (χ1n) is 9.67. The van der Waals surface area contributed by atoms with Crippen LogP contribution >= 0.6 is 11.3 Å². The minimum absolute atomic E-state index is 0.125. The van der Waals surface area contributed by atoms with Gasteiger partial charge in [-0.15, -0.1) is 21.5 Å². The third-order valence-electron chi connectivity index (χ3n) is 5.76. The molecular formula is C21H22FN5OS. The number of halogens is 1. The Kier molecular flexibility index (Phi) is 4.11. The number of hydrogen-bond donors (Lipinski definition) is 2. The number of rotatable bonds is 2. The van der Waals surface area contributed by atoms with Gasteiger partial charge in [-0.2, -0.15) is 0 Å². The topological polar surface area (TPSA) is 75.9 Å². The van der Waals surface area contributed by atoms with Gasteiger partial charge in [0.15, 0.2) is 5.65 Å². The van der Waals surface area contributed by atoms with Gasteiger partial charge in [0.2, 0.25) is 0 Å². The van der Waals surface area contributed by atoms with Crippen LogP contribution in [0.15, 0.2) is 30.5 Å². The number of nitrogens with one attached hydrogen (secondary N) is 1. The first-order chi connectivity index (χ1) is 13.8. The Hall–Kier alpha value is -2.58. The molecule has 8 heteroatoms. The van der Waals surface area contributed by atoms with Crippen LogP contribution in [0.5, 0.6) is 5.75 Å². The van der Waals surface area contributed by atoms with Crippen LogP contribution in [0.25, 0.3) is 32.5 Å². The highest BCUT2D eigenvalue weighted by atomic mass is 32.1. The molecule has 2 N–H and O–H groups in total. The van der Waals surface area contributed by atoms with Gasteiger partial charge in [0.25, 0.3) is 0 Å². The van der Waals surface area contributed by atoms with Crippen LogP contribution in [-0.2, 0) is 0 Å². The second kappa shape index (κ2) is 6.47. The Bertz CT molecular complexity index is 1230. The number of benzene rings is 1. The highest BCUT2D eigenvalue weighted by molar-refractivity contribution is 7.18. The van der Waals surface area contributed by atoms with E-state index in [9.17, 15) is 5.11 Å². The quantitative estimate of drug-likeness (QED) is 0.512. The molecule has 1 aliphatic rings. The lowest BCUT2D eigenvalue weighted by Gasteiger charge is -2.40. The van der Waals surface area contributed by atoms with E-state index in [0.29, 0.717) is 23.3 Å². The van der Waals surface area contributed by atoms with Crippen LogP contribution in [0, 0.1) is 6.92 Å². The number of alkyl halides is 1. The normalized spacial score (nSPS) is 21.8. The second-order valence-corrected chi connectivity index (χ2v) is 9.44. The molecule has 0 amide bonds. The fourth-order valence-electron chi connectivity index (χ4n) is 4.18. The molecule has 1 fully saturated rings. The van der Waals surface area contributed by atoms with Crippen molar-refractivity contribution in [2.24, 2.45) is 0 Å². The minimum Gasteiger partial charge on any atom is -0.507 e. The predicted octanol–water partition coefficient (Wildman–Crippen LogP) is 4.37. The van der Waals surface area contributed by atoms with E-state index in [1.165, 1.54) is 0 Å². The number of phenolic OH excluding ortho intramolecular Hbond substituents is 1. The van der Waals surface area contributed by atoms with Crippen molar-refractivity contribution in [3.63, 3.8) is 0 Å². The molecule has 1 aliphatic heterocycles. The number of piperidine rings is 1. The van der Waals surface area contributed by atoms with E-state index in [4.69, 9.17) is 0 Å². The predicted molar refractivity (Wildman–Crippen MR) is 113 cm³/mol. The highest BCUT2D eigenvalue weighted by Crippen LogP contribution is 2.37. The van der Waals surface area contributed by atoms with Gasteiger partial charge in [-0.05, 0) is 51.9 Å². The van der Waals surface area contributed by atoms with Gasteiger partial charge < -0.3 is 15.0 Å². The van der Waals surface area contributed by atoms with E-state index in [1.54, 1.807) is 17.4 Å². The maximum Gasteiger partial charge on any atom is 0.162 e. The van der Waals surface area contributed by atoms with E-state index in [2.05, 4.69) is 20.5 Å². The van der Waals surface area contributed by atoms with Gasteiger partial charge in [0.1, 0.15) is 11.9 Å². The SMILES string of the molecule is Cc1nc2cc(O)c(-c3cc4ccn([C@H]5CCNC(C)(C)[C@H]5F)c4nn3)cc2s1. The van der Waals surface area contributed by atoms with E-state index in [0.717, 1.165) is 27.2 Å². The summed E-state index contributed by atoms with van der Waals surface area (Å²) in [7, 11) is 0. The average molecular weight is 412 g/mol. The Morgan fingerprint density at radius 3 is 2.93 bits per heavy atom. The zero-order valence-corrected chi connectivity index (χ0v) is 17.3. The van der Waals surface area contributed by atoms with Gasteiger partial charge >= 0.3 is 0 Å². The van der Waals surface area contributed by atoms with E-state index in [1.807, 2.05) is 49.7 Å². The summed E-state index contributed by atoms with van der Waals surface area (Å²) in [4.78, 5) is 4.41. The summed E-state index contributed by atoms with van der Waals surface area (Å²) < 4.78 is 18.0. The second-order valence-electron chi connectivity index (χ2n) is 8.21. The van der Waals surface area contributed by atoms with Crippen molar-refractivity contribution in [3.05, 3.63) is 35.5 Å². The molecule has 0 radical (unpaired) electrons. The first kappa shape index (κ1) is 18.4. The van der Waals surface area contributed by atoms with Gasteiger partial charge in [0.05, 0.1) is 27.0 Å². The van der Waals surface area contributed by atoms with Crippen LogP contribution in [0.4, 0.5) is 4.39 Å². The number of aromatic hydroxyl groups is 1. The summed E-state index contributed by atoms with van der Waals surface area (Å²) in [5, 5.41) is 24.3. The summed E-state index contributed by atoms with van der Waals surface area (Å²) in [5.74, 6) is 0.125. The molecule has 4 aromatic rings. The number of hydrogen-bond acceptors (Lipinski definition) is 6. The van der Waals surface area contributed by atoms with E-state index >= 15 is 4.39 Å². The molecule has 0 unspecified atom stereocenters. The summed E-state index contributed by atoms with van der Waals surface area (Å²) in [6.45, 7) is 6.47. The van der Waals surface area contributed by atoms with Gasteiger partial charge in [-0.3, -0.25) is 0 Å². The number of phenols is 1. The standard InChI is InChI=1S/C21H22FN5OS/c1-11-24-15-10-17(28)13(9-18(15)29-11)14-8-12-5-7-27(20(12)26-25-14)16-4-6-23-21(2,3)19(16)22/h5,7-10,16,19,23,28H,4,6H2,1-3H3/t16-,19-/m0/s1. The van der Waals surface area contributed by atoms with Crippen molar-refractivity contribution in [3.8, 4) is 17.0 Å². The third-order valence-corrected chi connectivity index (χ3v) is 6.69. The molecule has 1 aromatic carbocycles. The molecule has 29 heavy (non-hydrogen) atoms. The lowest BCUT2D eigenvalue weighted by atomic mass is 9.87. The fourth-order valence-corrected chi connectivity index (χ4v) is 5.03. The molecule has 0 spiro atoms. The van der Waals surface area contributed by atoms with Crippen molar-refractivity contribution >= 4 is 32.6 Å². The molecule has 6 nitrogen and oxygen atoms in total. The summed E-state index contributed by atoms with van der Waals surface area (Å²) in [6.07, 6.45) is 1.55. The number of nitrogens with zero attached hydrogens (tertiary/aromatic N) is 4. The van der Waals surface area contributed by atoms with Crippen molar-refractivity contribution < 1.29 is 9.50 Å². The maximum atomic E-state index is 15.1. The number of aryl methyl sites for hydroxylation is 1. The zero-order valence-electron chi connectivity index (χ0n) is 16.5. The largest absolute Gasteiger partial charge is 0.507 e. The van der Waals surface area contributed by atoms with Gasteiger partial charge in [0, 0.05) is 28.8 Å². The van der Waals surface area contributed by atoms with Crippen molar-refractivity contribution in [1.82, 2.24) is 25.1 Å². The third kappa shape index (κ3) is 2.98. The lowest BCUT2D eigenvalue weighted by Crippen LogP contribution is -2.55. The Balaban J connectivity index is 1.57. The molecule has 0 bridgehead atoms. The van der Waals surface area contributed by atoms with E-state index < -0.39 is 11.7 Å². The average Bonchev–Trinajstić information content (AvgIpc) is 3.25. The monoisotopic (exact) mass is 411 g/mol. The lowest BCUT2D eigenvalue weighted by molar-refractivity contribution is 0.0838. The highest BCUT2D eigenvalue weighted by Gasteiger charge is 2.40. The van der Waals surface area contributed by atoms with Gasteiger partial charge in [-0.25, -0.2) is 9.37 Å². The molecule has 3 aromatic heterocycles. The molecule has 0 aliphatic carbocycles. The smallest absolute Gasteiger partial charge is 0.162 e. The van der Waals surface area contributed by atoms with Gasteiger partial charge in [-0.1, -0.05) is 0 Å². The Morgan fingerprint density at radius 1 is 1.28 bits per heavy atom. The van der Waals surface area contributed by atoms with Crippen LogP contribution in [-0.4, -0.2) is 43.1 Å². The molecule has 150 valence electrons. The van der Waals surface area contributed by atoms with Crippen molar-refractivity contribution in [2.45, 2.75) is 44.9 Å². The van der Waals surface area contributed by atoms with Crippen LogP contribution in [0.2, 0.25) is 0 Å². The fraction of sp³-hybridized carbons (Fsp3) is 0.381. The zero-order chi connectivity index (χ0) is 20.3. The van der Waals surface area contributed by atoms with Crippen molar-refractivity contribution in [2.75, 3.05) is 6.54 Å². The Labute approximate surface area is 171 Å². The van der Waals surface area contributed by atoms with Crippen LogP contribution < -0.4 is 5.32 Å². The van der Waals surface area contributed by atoms with E-state index in [-0.39, 0.29) is 11.8 Å². The molecule has 5 rings (SSSR count). The molecule has 1 saturated heterocycles. The van der Waals surface area contributed by atoms with Crippen LogP contribution in [0.3, 0.4) is 0 Å². The Morgan fingerprint density at radius 2 is 2.10 bits per heavy atom. The summed E-state index contributed by atoms with van der Waals surface area (Å²) in [5.41, 5.74) is 2.06. The first-order valence-corrected chi connectivity index (χ1v) is 10.5. The van der Waals surface area contributed by atoms with Crippen molar-refractivity contribution in [1.29, 1.82) is 0 Å². The summed E-state index contributed by atoms with van der Waals surface area (Å²) in [6, 6.07) is 7.11. The van der Waals surface area contributed by atoms with Crippen LogP contribution in [0.1, 0.15) is 31.3 Å².